The van der Waals surface area contributed by atoms with Gasteiger partial charge in [0, 0.05) is 0 Å². The molecule has 0 saturated heterocycles. The van der Waals surface area contributed by atoms with Crippen molar-refractivity contribution in [3.05, 3.63) is 48.0 Å². The van der Waals surface area contributed by atoms with Crippen LogP contribution in [-0.4, -0.2) is 30.1 Å². The molecule has 21 heavy (non-hydrogen) atoms. The molecule has 0 aliphatic heterocycles. The Morgan fingerprint density at radius 3 is 1.67 bits per heavy atom. The molecule has 0 saturated carbocycles. The van der Waals surface area contributed by atoms with Crippen LogP contribution in [0.3, 0.4) is 0 Å². The van der Waals surface area contributed by atoms with E-state index in [1.54, 1.807) is 24.3 Å². The molecule has 104 valence electrons. The van der Waals surface area contributed by atoms with Crippen LogP contribution in [-0.2, 0) is 6.42 Å². The number of rotatable bonds is 2. The number of para-hydroxylation sites is 2. The summed E-state index contributed by atoms with van der Waals surface area (Å²) in [6.07, 6.45) is 0.461. The summed E-state index contributed by atoms with van der Waals surface area (Å²) in [7, 11) is 0. The Bertz CT molecular complexity index is 877. The van der Waals surface area contributed by atoms with Crippen molar-refractivity contribution in [3.63, 3.8) is 0 Å². The van der Waals surface area contributed by atoms with Crippen molar-refractivity contribution in [1.29, 1.82) is 0 Å². The third-order valence-electron chi connectivity index (χ3n) is 3.42. The molecule has 0 aliphatic rings. The third kappa shape index (κ3) is 1.88. The zero-order valence-corrected chi connectivity index (χ0v) is 11.0. The molecule has 2 aromatic carbocycles. The van der Waals surface area contributed by atoms with Crippen LogP contribution in [0.5, 0.6) is 11.5 Å². The lowest BCUT2D eigenvalue weighted by atomic mass is 10.3. The van der Waals surface area contributed by atoms with Crippen molar-refractivity contribution >= 4 is 22.1 Å². The van der Waals surface area contributed by atoms with Gasteiger partial charge in [-0.2, -0.15) is 0 Å². The first-order chi connectivity index (χ1) is 10.2. The summed E-state index contributed by atoms with van der Waals surface area (Å²) in [5.74, 6) is 1.70. The molecule has 0 radical (unpaired) electrons. The van der Waals surface area contributed by atoms with E-state index >= 15 is 0 Å². The summed E-state index contributed by atoms with van der Waals surface area (Å²) >= 11 is 0. The first-order valence-corrected chi connectivity index (χ1v) is 6.54. The fourth-order valence-corrected chi connectivity index (χ4v) is 2.46. The molecule has 6 nitrogen and oxygen atoms in total. The van der Waals surface area contributed by atoms with E-state index in [-0.39, 0.29) is 11.5 Å². The van der Waals surface area contributed by atoms with E-state index < -0.39 is 0 Å². The number of aromatic hydroxyl groups is 2. The number of nitrogens with zero attached hydrogens (tertiary/aromatic N) is 2. The van der Waals surface area contributed by atoms with Gasteiger partial charge in [0.15, 0.2) is 0 Å². The normalized spacial score (nSPS) is 11.4. The number of benzene rings is 2. The maximum atomic E-state index is 9.76. The van der Waals surface area contributed by atoms with Gasteiger partial charge in [0.2, 0.25) is 0 Å². The Labute approximate surface area is 119 Å². The number of fused-ring (bicyclic) bond motifs is 2. The topological polar surface area (TPSA) is 97.8 Å². The molecule has 0 aliphatic carbocycles. The number of aromatic nitrogens is 4. The molecule has 0 unspecified atom stereocenters. The average Bonchev–Trinajstić information content (AvgIpc) is 3.04. The molecule has 4 aromatic rings. The van der Waals surface area contributed by atoms with Crippen molar-refractivity contribution in [3.8, 4) is 11.5 Å². The molecule has 0 spiro atoms. The highest BCUT2D eigenvalue weighted by atomic mass is 16.3. The van der Waals surface area contributed by atoms with Gasteiger partial charge in [-0.25, -0.2) is 9.97 Å². The van der Waals surface area contributed by atoms with E-state index in [1.165, 1.54) is 0 Å². The molecule has 4 N–H and O–H groups in total. The van der Waals surface area contributed by atoms with Crippen LogP contribution >= 0.6 is 0 Å². The fourth-order valence-electron chi connectivity index (χ4n) is 2.46. The number of phenolic OH excluding ortho intramolecular Hbond substituents is 2. The van der Waals surface area contributed by atoms with Crippen molar-refractivity contribution in [2.24, 2.45) is 0 Å². The van der Waals surface area contributed by atoms with Crippen molar-refractivity contribution in [1.82, 2.24) is 19.9 Å². The first-order valence-electron chi connectivity index (χ1n) is 6.54. The molecule has 4 rings (SSSR count). The Morgan fingerprint density at radius 2 is 1.24 bits per heavy atom. The molecule has 2 aromatic heterocycles. The molecule has 0 bridgehead atoms. The van der Waals surface area contributed by atoms with Gasteiger partial charge in [-0.3, -0.25) is 0 Å². The molecular weight excluding hydrogens is 268 g/mol. The first kappa shape index (κ1) is 11.8. The highest BCUT2D eigenvalue weighted by molar-refractivity contribution is 5.82. The molecule has 0 atom stereocenters. The zero-order chi connectivity index (χ0) is 14.4. The quantitative estimate of drug-likeness (QED) is 0.453. The Kier molecular flexibility index (Phi) is 2.38. The predicted molar refractivity (Wildman–Crippen MR) is 78.3 cm³/mol. The maximum absolute atomic E-state index is 9.76. The lowest BCUT2D eigenvalue weighted by Gasteiger charge is -1.90. The minimum atomic E-state index is 0.150. The van der Waals surface area contributed by atoms with Crippen molar-refractivity contribution < 1.29 is 10.2 Å². The van der Waals surface area contributed by atoms with Gasteiger partial charge >= 0.3 is 0 Å². The van der Waals surface area contributed by atoms with Crippen LogP contribution in [0.2, 0.25) is 0 Å². The number of H-pyrrole nitrogens is 2. The Hall–Kier alpha value is -3.02. The minimum Gasteiger partial charge on any atom is -0.506 e. The van der Waals surface area contributed by atoms with Gasteiger partial charge < -0.3 is 20.2 Å². The summed E-state index contributed by atoms with van der Waals surface area (Å²) in [5, 5.41) is 19.5. The molecular formula is C15H12N4O2. The molecule has 0 amide bonds. The van der Waals surface area contributed by atoms with Crippen LogP contribution < -0.4 is 0 Å². The summed E-state index contributed by atoms with van der Waals surface area (Å²) in [6.45, 7) is 0. The van der Waals surface area contributed by atoms with Crippen LogP contribution in [0, 0.1) is 0 Å². The summed E-state index contributed by atoms with van der Waals surface area (Å²) in [6, 6.07) is 10.4. The number of hydrogen-bond donors (Lipinski definition) is 4. The Balaban J connectivity index is 1.75. The van der Waals surface area contributed by atoms with Crippen LogP contribution in [0.25, 0.3) is 22.1 Å². The molecule has 0 fully saturated rings. The summed E-state index contributed by atoms with van der Waals surface area (Å²) in [5.41, 5.74) is 2.66. The highest BCUT2D eigenvalue weighted by Gasteiger charge is 2.11. The van der Waals surface area contributed by atoms with Gasteiger partial charge in [0.25, 0.3) is 0 Å². The van der Waals surface area contributed by atoms with Crippen LogP contribution in [0.4, 0.5) is 0 Å². The minimum absolute atomic E-state index is 0.150. The third-order valence-corrected chi connectivity index (χ3v) is 3.42. The number of nitrogens with one attached hydrogen (secondary N) is 2. The van der Waals surface area contributed by atoms with E-state index in [2.05, 4.69) is 19.9 Å². The number of imidazole rings is 2. The van der Waals surface area contributed by atoms with Gasteiger partial charge in [-0.15, -0.1) is 0 Å². The van der Waals surface area contributed by atoms with E-state index in [1.807, 2.05) is 12.1 Å². The SMILES string of the molecule is Oc1cccc2[nH]c(Cc3nc4c(O)cccc4[nH]3)nc12. The van der Waals surface area contributed by atoms with Gasteiger partial charge in [-0.05, 0) is 24.3 Å². The highest BCUT2D eigenvalue weighted by Crippen LogP contribution is 2.24. The standard InChI is InChI=1S/C15H12N4O2/c20-10-5-1-3-8-14(10)18-12(16-8)7-13-17-9-4-2-6-11(21)15(9)19-13/h1-6,20-21H,7H2,(H,16,18)(H,17,19). The summed E-state index contributed by atoms with van der Waals surface area (Å²) in [4.78, 5) is 15.0. The number of phenols is 2. The van der Waals surface area contributed by atoms with E-state index in [4.69, 9.17) is 0 Å². The fraction of sp³-hybridized carbons (Fsp3) is 0.0667. The lowest BCUT2D eigenvalue weighted by molar-refractivity contribution is 0.480. The zero-order valence-electron chi connectivity index (χ0n) is 11.0. The Morgan fingerprint density at radius 1 is 0.762 bits per heavy atom. The van der Waals surface area contributed by atoms with E-state index in [0.29, 0.717) is 29.1 Å². The van der Waals surface area contributed by atoms with Gasteiger partial charge in [0.05, 0.1) is 17.5 Å². The van der Waals surface area contributed by atoms with Crippen molar-refractivity contribution in [2.75, 3.05) is 0 Å². The predicted octanol–water partition coefficient (Wildman–Crippen LogP) is 2.44. The molecule has 2 heterocycles. The van der Waals surface area contributed by atoms with Gasteiger partial charge in [0.1, 0.15) is 34.2 Å². The maximum Gasteiger partial charge on any atom is 0.143 e. The number of hydrogen-bond acceptors (Lipinski definition) is 4. The van der Waals surface area contributed by atoms with Gasteiger partial charge in [-0.1, -0.05) is 12.1 Å². The largest absolute Gasteiger partial charge is 0.506 e. The van der Waals surface area contributed by atoms with E-state index in [0.717, 1.165) is 11.0 Å². The second-order valence-corrected chi connectivity index (χ2v) is 4.89. The monoisotopic (exact) mass is 280 g/mol. The second-order valence-electron chi connectivity index (χ2n) is 4.89. The smallest absolute Gasteiger partial charge is 0.143 e. The molecule has 6 heteroatoms. The lowest BCUT2D eigenvalue weighted by Crippen LogP contribution is -1.92. The second kappa shape index (κ2) is 4.24. The van der Waals surface area contributed by atoms with E-state index in [9.17, 15) is 10.2 Å². The van der Waals surface area contributed by atoms with Crippen LogP contribution in [0.15, 0.2) is 36.4 Å². The van der Waals surface area contributed by atoms with Crippen LogP contribution in [0.1, 0.15) is 11.6 Å². The summed E-state index contributed by atoms with van der Waals surface area (Å²) < 4.78 is 0. The number of aromatic amines is 2. The van der Waals surface area contributed by atoms with Crippen molar-refractivity contribution in [2.45, 2.75) is 6.42 Å². The average molecular weight is 280 g/mol.